The molecule has 129 valence electrons. The lowest BCUT2D eigenvalue weighted by atomic mass is 9.94. The number of hydrogen-bond donors (Lipinski definition) is 1. The van der Waals surface area contributed by atoms with Crippen LogP contribution in [0.4, 0.5) is 0 Å². The summed E-state index contributed by atoms with van der Waals surface area (Å²) in [5.74, 6) is 3.56. The first-order valence-electron chi connectivity index (χ1n) is 9.14. The number of nitrogens with zero attached hydrogens (tertiary/aromatic N) is 1. The molecule has 0 unspecified atom stereocenters. The Morgan fingerprint density at radius 3 is 2.75 bits per heavy atom. The van der Waals surface area contributed by atoms with Gasteiger partial charge in [0.05, 0.1) is 5.92 Å². The maximum absolute atomic E-state index is 11.9. The SMILES string of the molecule is C#CC1=CC[C@@H](N(CCC)CCCCNC(=O)[C]2[CH][CH][CH][CH]2)CC1. The highest BCUT2D eigenvalue weighted by Gasteiger charge is 2.24. The number of allylic oxidation sites excluding steroid dienone is 1. The first kappa shape index (κ1) is 19.1. The number of terminal acetylenes is 1. The molecular formula is C21H29N2O. The van der Waals surface area contributed by atoms with E-state index in [-0.39, 0.29) is 5.91 Å². The summed E-state index contributed by atoms with van der Waals surface area (Å²) in [5, 5.41) is 2.99. The summed E-state index contributed by atoms with van der Waals surface area (Å²) in [5.41, 5.74) is 1.16. The predicted molar refractivity (Wildman–Crippen MR) is 99.1 cm³/mol. The molecule has 1 N–H and O–H groups in total. The predicted octanol–water partition coefficient (Wildman–Crippen LogP) is 3.11. The van der Waals surface area contributed by atoms with Crippen LogP contribution in [0, 0.1) is 43.9 Å². The van der Waals surface area contributed by atoms with Crippen molar-refractivity contribution in [2.24, 2.45) is 0 Å². The van der Waals surface area contributed by atoms with Crippen molar-refractivity contribution < 1.29 is 4.79 Å². The van der Waals surface area contributed by atoms with E-state index in [9.17, 15) is 4.79 Å². The van der Waals surface area contributed by atoms with E-state index in [1.807, 2.05) is 25.7 Å². The third-order valence-electron chi connectivity index (χ3n) is 4.68. The average molecular weight is 325 g/mol. The van der Waals surface area contributed by atoms with E-state index in [1.165, 1.54) is 12.8 Å². The molecule has 2 aliphatic rings. The minimum atomic E-state index is 0.0321. The number of unbranched alkanes of at least 4 members (excludes halogenated alkanes) is 1. The molecule has 1 atom stereocenters. The summed E-state index contributed by atoms with van der Waals surface area (Å²) >= 11 is 0. The molecule has 1 amide bonds. The summed E-state index contributed by atoms with van der Waals surface area (Å²) in [6.07, 6.45) is 21.8. The topological polar surface area (TPSA) is 32.3 Å². The van der Waals surface area contributed by atoms with E-state index in [1.54, 1.807) is 0 Å². The lowest BCUT2D eigenvalue weighted by Gasteiger charge is -2.33. The Bertz CT molecular complexity index is 457. The maximum atomic E-state index is 11.9. The van der Waals surface area contributed by atoms with Crippen molar-refractivity contribution in [2.45, 2.75) is 51.5 Å². The molecular weight excluding hydrogens is 296 g/mol. The van der Waals surface area contributed by atoms with Crippen molar-refractivity contribution in [2.75, 3.05) is 19.6 Å². The molecule has 1 fully saturated rings. The van der Waals surface area contributed by atoms with Gasteiger partial charge in [0.25, 0.3) is 0 Å². The second-order valence-electron chi connectivity index (χ2n) is 6.47. The Hall–Kier alpha value is -1.27. The summed E-state index contributed by atoms with van der Waals surface area (Å²) in [4.78, 5) is 14.5. The first-order valence-corrected chi connectivity index (χ1v) is 9.14. The molecule has 5 radical (unpaired) electrons. The summed E-state index contributed by atoms with van der Waals surface area (Å²) in [6.45, 7) is 5.22. The molecule has 24 heavy (non-hydrogen) atoms. The van der Waals surface area contributed by atoms with Crippen molar-refractivity contribution in [3.8, 4) is 12.3 Å². The summed E-state index contributed by atoms with van der Waals surface area (Å²) < 4.78 is 0. The van der Waals surface area contributed by atoms with E-state index in [4.69, 9.17) is 6.42 Å². The van der Waals surface area contributed by atoms with Gasteiger partial charge in [-0.05, 0) is 82.9 Å². The normalized spacial score (nSPS) is 21.5. The number of carbonyl (C=O) groups excluding carboxylic acids is 1. The molecule has 0 spiro atoms. The monoisotopic (exact) mass is 325 g/mol. The van der Waals surface area contributed by atoms with Crippen molar-refractivity contribution in [3.63, 3.8) is 0 Å². The number of amides is 1. The minimum absolute atomic E-state index is 0.0321. The highest BCUT2D eigenvalue weighted by atomic mass is 16.1. The Kier molecular flexibility index (Phi) is 8.39. The van der Waals surface area contributed by atoms with Crippen LogP contribution in [0.2, 0.25) is 0 Å². The van der Waals surface area contributed by atoms with Crippen molar-refractivity contribution in [3.05, 3.63) is 43.3 Å². The molecule has 0 heterocycles. The van der Waals surface area contributed by atoms with Gasteiger partial charge in [-0.25, -0.2) is 0 Å². The Balaban J connectivity index is 1.63. The standard InChI is InChI=1S/C21H29N2O/c1-3-16-23(20-13-11-18(4-2)12-14-20)17-8-7-15-22-21(24)19-9-5-6-10-19/h2,5-6,9-11,20H,3,7-8,12-17H2,1H3,(H,22,24)/t20-/m1/s1. The molecule has 0 aliphatic heterocycles. The van der Waals surface area contributed by atoms with E-state index >= 15 is 0 Å². The Morgan fingerprint density at radius 1 is 1.33 bits per heavy atom. The fourth-order valence-electron chi connectivity index (χ4n) is 3.32. The fourth-order valence-corrected chi connectivity index (χ4v) is 3.32. The van der Waals surface area contributed by atoms with Crippen molar-refractivity contribution in [1.82, 2.24) is 10.2 Å². The summed E-state index contributed by atoms with van der Waals surface area (Å²) in [6, 6.07) is 0.626. The highest BCUT2D eigenvalue weighted by molar-refractivity contribution is 5.95. The molecule has 3 nitrogen and oxygen atoms in total. The number of hydrogen-bond acceptors (Lipinski definition) is 2. The minimum Gasteiger partial charge on any atom is -0.356 e. The van der Waals surface area contributed by atoms with Crippen LogP contribution in [0.5, 0.6) is 0 Å². The van der Waals surface area contributed by atoms with Crippen LogP contribution >= 0.6 is 0 Å². The van der Waals surface area contributed by atoms with Crippen molar-refractivity contribution in [1.29, 1.82) is 0 Å². The third-order valence-corrected chi connectivity index (χ3v) is 4.68. The third kappa shape index (κ3) is 5.98. The first-order chi connectivity index (χ1) is 11.7. The molecule has 0 saturated heterocycles. The quantitative estimate of drug-likeness (QED) is 0.522. The van der Waals surface area contributed by atoms with Gasteiger partial charge in [-0.1, -0.05) is 18.9 Å². The molecule has 0 aromatic rings. The van der Waals surface area contributed by atoms with Gasteiger partial charge in [0.15, 0.2) is 0 Å². The number of nitrogens with one attached hydrogen (secondary N) is 1. The zero-order valence-electron chi connectivity index (χ0n) is 14.8. The van der Waals surface area contributed by atoms with E-state index < -0.39 is 0 Å². The van der Waals surface area contributed by atoms with Crippen LogP contribution in [0.15, 0.2) is 11.6 Å². The van der Waals surface area contributed by atoms with Gasteiger partial charge in [-0.3, -0.25) is 4.79 Å². The molecule has 0 aromatic carbocycles. The number of carbonyl (C=O) groups is 1. The van der Waals surface area contributed by atoms with Gasteiger partial charge < -0.3 is 10.2 Å². The van der Waals surface area contributed by atoms with Crippen molar-refractivity contribution >= 4 is 5.91 Å². The average Bonchev–Trinajstić information content (AvgIpc) is 3.15. The Morgan fingerprint density at radius 2 is 2.12 bits per heavy atom. The molecule has 3 heteroatoms. The lowest BCUT2D eigenvalue weighted by Crippen LogP contribution is -2.38. The molecule has 0 aromatic heterocycles. The largest absolute Gasteiger partial charge is 0.356 e. The molecule has 1 saturated carbocycles. The highest BCUT2D eigenvalue weighted by Crippen LogP contribution is 2.23. The van der Waals surface area contributed by atoms with Crippen LogP contribution in [0.25, 0.3) is 0 Å². The Labute approximate surface area is 148 Å². The van der Waals surface area contributed by atoms with Crippen LogP contribution in [0.3, 0.4) is 0 Å². The van der Waals surface area contributed by atoms with E-state index in [0.717, 1.165) is 56.8 Å². The van der Waals surface area contributed by atoms with E-state index in [2.05, 4.69) is 29.1 Å². The molecule has 2 rings (SSSR count). The second kappa shape index (κ2) is 10.6. The lowest BCUT2D eigenvalue weighted by molar-refractivity contribution is -0.118. The zero-order chi connectivity index (χ0) is 17.2. The van der Waals surface area contributed by atoms with Crippen LogP contribution < -0.4 is 5.32 Å². The van der Waals surface area contributed by atoms with Crippen LogP contribution in [-0.4, -0.2) is 36.5 Å². The molecule has 0 bridgehead atoms. The number of rotatable bonds is 9. The smallest absolute Gasteiger partial charge is 0.227 e. The van der Waals surface area contributed by atoms with Crippen LogP contribution in [-0.2, 0) is 4.79 Å². The van der Waals surface area contributed by atoms with Crippen LogP contribution in [0.1, 0.15) is 45.4 Å². The maximum Gasteiger partial charge on any atom is 0.227 e. The van der Waals surface area contributed by atoms with Gasteiger partial charge in [0.1, 0.15) is 0 Å². The van der Waals surface area contributed by atoms with Gasteiger partial charge in [0.2, 0.25) is 5.91 Å². The van der Waals surface area contributed by atoms with Gasteiger partial charge >= 0.3 is 0 Å². The van der Waals surface area contributed by atoms with E-state index in [0.29, 0.717) is 6.04 Å². The van der Waals surface area contributed by atoms with Gasteiger partial charge in [-0.2, -0.15) is 0 Å². The summed E-state index contributed by atoms with van der Waals surface area (Å²) in [7, 11) is 0. The van der Waals surface area contributed by atoms with Gasteiger partial charge in [0, 0.05) is 12.6 Å². The zero-order valence-corrected chi connectivity index (χ0v) is 14.8. The fraction of sp³-hybridized carbons (Fsp3) is 0.524. The van der Waals surface area contributed by atoms with Gasteiger partial charge in [-0.15, -0.1) is 6.42 Å². The molecule has 2 aliphatic carbocycles. The second-order valence-corrected chi connectivity index (χ2v) is 6.47.